The van der Waals surface area contributed by atoms with Crippen molar-refractivity contribution in [3.63, 3.8) is 0 Å². The summed E-state index contributed by atoms with van der Waals surface area (Å²) < 4.78 is 0. The summed E-state index contributed by atoms with van der Waals surface area (Å²) in [7, 11) is 0. The van der Waals surface area contributed by atoms with Crippen molar-refractivity contribution in [3.8, 4) is 0 Å². The Morgan fingerprint density at radius 3 is 2.25 bits per heavy atom. The fourth-order valence-electron chi connectivity index (χ4n) is 2.75. The summed E-state index contributed by atoms with van der Waals surface area (Å²) in [5.74, 6) is -0.768. The molecule has 0 atom stereocenters. The highest BCUT2D eigenvalue weighted by atomic mass is 16.2. The Bertz CT molecular complexity index is 807. The van der Waals surface area contributed by atoms with Crippen LogP contribution in [0.1, 0.15) is 46.0 Å². The van der Waals surface area contributed by atoms with E-state index in [2.05, 4.69) is 5.32 Å². The molecule has 0 fully saturated rings. The number of nitrogens with zero attached hydrogens (tertiary/aromatic N) is 1. The maximum absolute atomic E-state index is 12.5. The topological polar surface area (TPSA) is 66.5 Å². The molecule has 1 aliphatic rings. The molecule has 0 spiro atoms. The molecule has 0 aliphatic carbocycles. The lowest BCUT2D eigenvalue weighted by molar-refractivity contribution is -0.116. The second-order valence-electron chi connectivity index (χ2n) is 5.79. The van der Waals surface area contributed by atoms with E-state index >= 15 is 0 Å². The number of aryl methyl sites for hydroxylation is 1. The van der Waals surface area contributed by atoms with Crippen LogP contribution in [-0.2, 0) is 4.79 Å². The van der Waals surface area contributed by atoms with Crippen LogP contribution in [-0.4, -0.2) is 17.7 Å². The van der Waals surface area contributed by atoms with Gasteiger partial charge in [-0.15, -0.1) is 0 Å². The zero-order valence-corrected chi connectivity index (χ0v) is 13.6. The Morgan fingerprint density at radius 1 is 1.04 bits per heavy atom. The van der Waals surface area contributed by atoms with Gasteiger partial charge in [0.15, 0.2) is 0 Å². The number of benzene rings is 2. The third kappa shape index (κ3) is 2.69. The Balaban J connectivity index is 1.95. The van der Waals surface area contributed by atoms with Gasteiger partial charge in [0.1, 0.15) is 0 Å². The summed E-state index contributed by atoms with van der Waals surface area (Å²) in [6, 6.07) is 11.9. The lowest BCUT2D eigenvalue weighted by Crippen LogP contribution is -2.29. The highest BCUT2D eigenvalue weighted by Crippen LogP contribution is 2.31. The van der Waals surface area contributed by atoms with Crippen LogP contribution in [0.4, 0.5) is 11.4 Å². The monoisotopic (exact) mass is 322 g/mol. The third-order valence-corrected chi connectivity index (χ3v) is 4.02. The Morgan fingerprint density at radius 2 is 1.67 bits per heavy atom. The van der Waals surface area contributed by atoms with Gasteiger partial charge in [-0.3, -0.25) is 14.4 Å². The first kappa shape index (κ1) is 15.9. The fourth-order valence-corrected chi connectivity index (χ4v) is 2.75. The van der Waals surface area contributed by atoms with E-state index in [-0.39, 0.29) is 17.7 Å². The number of hydrogen-bond acceptors (Lipinski definition) is 3. The molecule has 5 heteroatoms. The van der Waals surface area contributed by atoms with Crippen LogP contribution in [0.25, 0.3) is 0 Å². The average molecular weight is 322 g/mol. The molecule has 0 saturated heterocycles. The standard InChI is InChI=1S/C19H18N2O3/c1-3-6-17(22)20-16-11-13(10-9-12(16)2)21-18(23)14-7-4-5-8-15(14)19(21)24/h4-5,7-11H,3,6H2,1-2H3,(H,20,22). The molecule has 1 aliphatic heterocycles. The first-order chi connectivity index (χ1) is 11.5. The van der Waals surface area contributed by atoms with Crippen LogP contribution >= 0.6 is 0 Å². The first-order valence-corrected chi connectivity index (χ1v) is 7.91. The number of hydrogen-bond donors (Lipinski definition) is 1. The maximum Gasteiger partial charge on any atom is 0.266 e. The van der Waals surface area contributed by atoms with Crippen molar-refractivity contribution in [1.82, 2.24) is 0 Å². The van der Waals surface area contributed by atoms with Gasteiger partial charge < -0.3 is 5.32 Å². The minimum absolute atomic E-state index is 0.0832. The van der Waals surface area contributed by atoms with Crippen molar-refractivity contribution >= 4 is 29.1 Å². The van der Waals surface area contributed by atoms with Crippen LogP contribution in [0.5, 0.6) is 0 Å². The largest absolute Gasteiger partial charge is 0.326 e. The van der Waals surface area contributed by atoms with Crippen molar-refractivity contribution < 1.29 is 14.4 Å². The number of rotatable bonds is 4. The summed E-state index contributed by atoms with van der Waals surface area (Å²) in [4.78, 5) is 38.1. The molecule has 1 heterocycles. The molecule has 122 valence electrons. The zero-order chi connectivity index (χ0) is 17.3. The molecule has 24 heavy (non-hydrogen) atoms. The number of amides is 3. The maximum atomic E-state index is 12.5. The average Bonchev–Trinajstić information content (AvgIpc) is 2.82. The normalized spacial score (nSPS) is 13.2. The van der Waals surface area contributed by atoms with Crippen molar-refractivity contribution in [2.45, 2.75) is 26.7 Å². The summed E-state index contributed by atoms with van der Waals surface area (Å²) in [6.45, 7) is 3.80. The highest BCUT2D eigenvalue weighted by Gasteiger charge is 2.36. The van der Waals surface area contributed by atoms with Gasteiger partial charge in [0.25, 0.3) is 11.8 Å². The van der Waals surface area contributed by atoms with Crippen molar-refractivity contribution in [1.29, 1.82) is 0 Å². The van der Waals surface area contributed by atoms with E-state index < -0.39 is 0 Å². The van der Waals surface area contributed by atoms with Gasteiger partial charge in [-0.2, -0.15) is 0 Å². The molecule has 1 N–H and O–H groups in total. The van der Waals surface area contributed by atoms with E-state index in [9.17, 15) is 14.4 Å². The molecule has 0 aromatic heterocycles. The number of carbonyl (C=O) groups excluding carboxylic acids is 3. The number of imide groups is 1. The minimum atomic E-state index is -0.342. The molecule has 3 rings (SSSR count). The zero-order valence-electron chi connectivity index (χ0n) is 13.6. The molecular formula is C19H18N2O3. The number of carbonyl (C=O) groups is 3. The summed E-state index contributed by atoms with van der Waals surface area (Å²) in [5.41, 5.74) is 2.75. The highest BCUT2D eigenvalue weighted by molar-refractivity contribution is 6.34. The first-order valence-electron chi connectivity index (χ1n) is 7.91. The molecule has 0 radical (unpaired) electrons. The summed E-state index contributed by atoms with van der Waals surface area (Å²) >= 11 is 0. The van der Waals surface area contributed by atoms with E-state index in [1.54, 1.807) is 42.5 Å². The quantitative estimate of drug-likeness (QED) is 0.876. The van der Waals surface area contributed by atoms with E-state index in [0.717, 1.165) is 16.9 Å². The molecule has 2 aromatic rings. The van der Waals surface area contributed by atoms with Crippen LogP contribution in [0.3, 0.4) is 0 Å². The number of anilines is 2. The van der Waals surface area contributed by atoms with Crippen molar-refractivity contribution in [2.24, 2.45) is 0 Å². The van der Waals surface area contributed by atoms with Gasteiger partial charge in [0.2, 0.25) is 5.91 Å². The van der Waals surface area contributed by atoms with Gasteiger partial charge in [-0.25, -0.2) is 4.90 Å². The van der Waals surface area contributed by atoms with Crippen LogP contribution < -0.4 is 10.2 Å². The van der Waals surface area contributed by atoms with Gasteiger partial charge >= 0.3 is 0 Å². The second kappa shape index (κ2) is 6.28. The number of nitrogens with one attached hydrogen (secondary N) is 1. The van der Waals surface area contributed by atoms with Gasteiger partial charge in [-0.1, -0.05) is 25.1 Å². The number of fused-ring (bicyclic) bond motifs is 1. The lowest BCUT2D eigenvalue weighted by Gasteiger charge is -2.17. The molecule has 2 aromatic carbocycles. The van der Waals surface area contributed by atoms with Gasteiger partial charge in [0, 0.05) is 12.1 Å². The van der Waals surface area contributed by atoms with Crippen LogP contribution in [0, 0.1) is 6.92 Å². The summed E-state index contributed by atoms with van der Waals surface area (Å²) in [5, 5.41) is 2.84. The lowest BCUT2D eigenvalue weighted by atomic mass is 10.1. The van der Waals surface area contributed by atoms with E-state index in [1.165, 1.54) is 0 Å². The van der Waals surface area contributed by atoms with Crippen LogP contribution in [0.2, 0.25) is 0 Å². The molecule has 0 unspecified atom stereocenters. The molecular weight excluding hydrogens is 304 g/mol. The second-order valence-corrected chi connectivity index (χ2v) is 5.79. The Labute approximate surface area is 140 Å². The molecule has 5 nitrogen and oxygen atoms in total. The predicted molar refractivity (Wildman–Crippen MR) is 92.3 cm³/mol. The molecule has 0 bridgehead atoms. The molecule has 0 saturated carbocycles. The van der Waals surface area contributed by atoms with E-state index in [0.29, 0.717) is 28.9 Å². The molecule has 3 amide bonds. The Kier molecular flexibility index (Phi) is 4.16. The van der Waals surface area contributed by atoms with Crippen molar-refractivity contribution in [3.05, 3.63) is 59.2 Å². The fraction of sp³-hybridized carbons (Fsp3) is 0.211. The third-order valence-electron chi connectivity index (χ3n) is 4.02. The van der Waals surface area contributed by atoms with Gasteiger partial charge in [-0.05, 0) is 43.2 Å². The SMILES string of the molecule is CCCC(=O)Nc1cc(N2C(=O)c3ccccc3C2=O)ccc1C. The van der Waals surface area contributed by atoms with E-state index in [4.69, 9.17) is 0 Å². The van der Waals surface area contributed by atoms with E-state index in [1.807, 2.05) is 13.8 Å². The van der Waals surface area contributed by atoms with Crippen LogP contribution in [0.15, 0.2) is 42.5 Å². The van der Waals surface area contributed by atoms with Gasteiger partial charge in [0.05, 0.1) is 16.8 Å². The summed E-state index contributed by atoms with van der Waals surface area (Å²) in [6.07, 6.45) is 1.18. The minimum Gasteiger partial charge on any atom is -0.326 e. The smallest absolute Gasteiger partial charge is 0.266 e. The predicted octanol–water partition coefficient (Wildman–Crippen LogP) is 3.53. The van der Waals surface area contributed by atoms with Crippen molar-refractivity contribution in [2.75, 3.05) is 10.2 Å². The Hall–Kier alpha value is -2.95.